The minimum absolute atomic E-state index is 0.0156. The molecule has 2 amide bonds. The normalized spacial score (nSPS) is 23.4. The number of nitrogens with one attached hydrogen (secondary N) is 2. The molecule has 3 rings (SSSR count). The van der Waals surface area contributed by atoms with E-state index in [4.69, 9.17) is 9.47 Å². The van der Waals surface area contributed by atoms with E-state index in [1.807, 2.05) is 42.5 Å². The quantitative estimate of drug-likeness (QED) is 0.373. The predicted octanol–water partition coefficient (Wildman–Crippen LogP) is 3.18. The molecule has 1 aliphatic carbocycles. The van der Waals surface area contributed by atoms with Crippen LogP contribution in [-0.2, 0) is 30.5 Å². The number of cyclic esters (lactones) is 1. The number of ether oxygens (including phenoxy) is 2. The average Bonchev–Trinajstić information content (AvgIpc) is 3.34. The molecule has 198 valence electrons. The summed E-state index contributed by atoms with van der Waals surface area (Å²) in [5.41, 5.74) is 0.429. The zero-order chi connectivity index (χ0) is 25.6. The summed E-state index contributed by atoms with van der Waals surface area (Å²) in [5, 5.41) is 15.8. The number of carbonyl (C=O) groups excluding carboxylic acids is 3. The van der Waals surface area contributed by atoms with Crippen molar-refractivity contribution in [2.45, 2.75) is 82.4 Å². The zero-order valence-electron chi connectivity index (χ0n) is 21.1. The van der Waals surface area contributed by atoms with Crippen molar-refractivity contribution in [2.24, 2.45) is 5.92 Å². The number of aliphatic hydroxyl groups excluding tert-OH is 1. The standard InChI is InChI=1S/C28H40N2O6/c31-21-28(15-9-10-16-28)30-25(32)17-23-13-7-2-1-3-8-14-26(33)36-20-24(29-27(23)34)19-35-18-22-11-5-4-6-12-22/h2,4-7,11-12,23-24,31H,1,3,8-10,13-21H2,(H,29,34)(H,30,32)/t23-,24+/m1/s1. The number of esters is 1. The fourth-order valence-corrected chi connectivity index (χ4v) is 4.75. The summed E-state index contributed by atoms with van der Waals surface area (Å²) in [6, 6.07) is 9.17. The number of hydrogen-bond acceptors (Lipinski definition) is 6. The highest BCUT2D eigenvalue weighted by molar-refractivity contribution is 5.86. The molecule has 1 fully saturated rings. The second-order valence-corrected chi connectivity index (χ2v) is 9.94. The van der Waals surface area contributed by atoms with Gasteiger partial charge < -0.3 is 25.2 Å². The number of aliphatic hydroxyl groups is 1. The van der Waals surface area contributed by atoms with Gasteiger partial charge in [0.25, 0.3) is 0 Å². The van der Waals surface area contributed by atoms with E-state index >= 15 is 0 Å². The van der Waals surface area contributed by atoms with E-state index < -0.39 is 17.5 Å². The van der Waals surface area contributed by atoms with Gasteiger partial charge in [-0.05, 0) is 44.1 Å². The Kier molecular flexibility index (Phi) is 11.4. The van der Waals surface area contributed by atoms with Gasteiger partial charge >= 0.3 is 5.97 Å². The molecule has 1 aromatic carbocycles. The van der Waals surface area contributed by atoms with Crippen LogP contribution in [0.1, 0.15) is 69.8 Å². The molecule has 1 aliphatic heterocycles. The van der Waals surface area contributed by atoms with Crippen molar-refractivity contribution in [1.82, 2.24) is 10.6 Å². The van der Waals surface area contributed by atoms with E-state index in [1.165, 1.54) is 0 Å². The van der Waals surface area contributed by atoms with E-state index in [9.17, 15) is 19.5 Å². The Balaban J connectivity index is 1.64. The maximum atomic E-state index is 13.3. The number of allylic oxidation sites excluding steroid dienone is 2. The zero-order valence-corrected chi connectivity index (χ0v) is 21.1. The van der Waals surface area contributed by atoms with Gasteiger partial charge in [-0.15, -0.1) is 0 Å². The minimum Gasteiger partial charge on any atom is -0.463 e. The summed E-state index contributed by atoms with van der Waals surface area (Å²) in [6.07, 6.45) is 10.6. The summed E-state index contributed by atoms with van der Waals surface area (Å²) in [6.45, 7) is 0.471. The number of amides is 2. The lowest BCUT2D eigenvalue weighted by atomic mass is 9.95. The Morgan fingerprint density at radius 1 is 1.11 bits per heavy atom. The second kappa shape index (κ2) is 14.8. The molecule has 0 spiro atoms. The highest BCUT2D eigenvalue weighted by atomic mass is 16.5. The summed E-state index contributed by atoms with van der Waals surface area (Å²) in [7, 11) is 0. The van der Waals surface area contributed by atoms with Gasteiger partial charge in [0.1, 0.15) is 6.61 Å². The minimum atomic E-state index is -0.576. The lowest BCUT2D eigenvalue weighted by molar-refractivity contribution is -0.146. The first kappa shape index (κ1) is 27.9. The van der Waals surface area contributed by atoms with Gasteiger partial charge in [0.2, 0.25) is 11.8 Å². The maximum Gasteiger partial charge on any atom is 0.305 e. The summed E-state index contributed by atoms with van der Waals surface area (Å²) in [4.78, 5) is 38.3. The molecule has 8 nitrogen and oxygen atoms in total. The maximum absolute atomic E-state index is 13.3. The SMILES string of the molecule is O=C(C[C@H]1CC=CCCCCC(=O)OC[C@H](COCc2ccccc2)NC1=O)NC1(CO)CCCC1. The van der Waals surface area contributed by atoms with Crippen LogP contribution >= 0.6 is 0 Å². The molecule has 0 aromatic heterocycles. The Morgan fingerprint density at radius 2 is 1.89 bits per heavy atom. The molecule has 1 heterocycles. The summed E-state index contributed by atoms with van der Waals surface area (Å²) < 4.78 is 11.2. The molecule has 0 bridgehead atoms. The molecule has 1 aromatic rings. The molecule has 0 saturated heterocycles. The van der Waals surface area contributed by atoms with Crippen molar-refractivity contribution >= 4 is 17.8 Å². The van der Waals surface area contributed by atoms with Gasteiger partial charge in [0.05, 0.1) is 37.3 Å². The molecular formula is C28H40N2O6. The topological polar surface area (TPSA) is 114 Å². The first-order valence-electron chi connectivity index (χ1n) is 13.1. The number of carbonyl (C=O) groups is 3. The van der Waals surface area contributed by atoms with Crippen molar-refractivity contribution in [3.05, 3.63) is 48.0 Å². The van der Waals surface area contributed by atoms with Crippen LogP contribution in [0.15, 0.2) is 42.5 Å². The highest BCUT2D eigenvalue weighted by Crippen LogP contribution is 2.29. The third-order valence-corrected chi connectivity index (χ3v) is 6.88. The number of benzene rings is 1. The van der Waals surface area contributed by atoms with Crippen molar-refractivity contribution in [3.63, 3.8) is 0 Å². The highest BCUT2D eigenvalue weighted by Gasteiger charge is 2.35. The first-order valence-corrected chi connectivity index (χ1v) is 13.1. The molecule has 0 unspecified atom stereocenters. The van der Waals surface area contributed by atoms with Crippen molar-refractivity contribution in [1.29, 1.82) is 0 Å². The largest absolute Gasteiger partial charge is 0.463 e. The van der Waals surface area contributed by atoms with Crippen LogP contribution in [-0.4, -0.2) is 54.3 Å². The van der Waals surface area contributed by atoms with Gasteiger partial charge in [0.15, 0.2) is 0 Å². The van der Waals surface area contributed by atoms with Crippen LogP contribution in [0.4, 0.5) is 0 Å². The lowest BCUT2D eigenvalue weighted by Crippen LogP contribution is -2.50. The fraction of sp³-hybridized carbons (Fsp3) is 0.607. The molecule has 2 atom stereocenters. The van der Waals surface area contributed by atoms with Crippen LogP contribution < -0.4 is 10.6 Å². The first-order chi connectivity index (χ1) is 17.5. The van der Waals surface area contributed by atoms with Crippen LogP contribution in [0.25, 0.3) is 0 Å². The van der Waals surface area contributed by atoms with Gasteiger partial charge in [0, 0.05) is 12.8 Å². The van der Waals surface area contributed by atoms with Gasteiger partial charge in [-0.1, -0.05) is 55.3 Å². The number of hydrogen-bond donors (Lipinski definition) is 3. The van der Waals surface area contributed by atoms with Crippen molar-refractivity contribution < 1.29 is 29.0 Å². The van der Waals surface area contributed by atoms with E-state index in [0.717, 1.165) is 50.5 Å². The smallest absolute Gasteiger partial charge is 0.305 e. The molecule has 0 radical (unpaired) electrons. The molecule has 36 heavy (non-hydrogen) atoms. The van der Waals surface area contributed by atoms with Gasteiger partial charge in [-0.2, -0.15) is 0 Å². The van der Waals surface area contributed by atoms with Crippen molar-refractivity contribution in [2.75, 3.05) is 19.8 Å². The van der Waals surface area contributed by atoms with Crippen molar-refractivity contribution in [3.8, 4) is 0 Å². The molecule has 2 aliphatic rings. The summed E-state index contributed by atoms with van der Waals surface area (Å²) in [5.74, 6) is -1.38. The Hall–Kier alpha value is -2.71. The van der Waals surface area contributed by atoms with Crippen LogP contribution in [0.5, 0.6) is 0 Å². The van der Waals surface area contributed by atoms with Crippen LogP contribution in [0, 0.1) is 5.92 Å². The predicted molar refractivity (Wildman–Crippen MR) is 136 cm³/mol. The Bertz CT molecular complexity index is 866. The average molecular weight is 501 g/mol. The third kappa shape index (κ3) is 9.39. The number of rotatable bonds is 8. The van der Waals surface area contributed by atoms with Gasteiger partial charge in [-0.25, -0.2) is 0 Å². The van der Waals surface area contributed by atoms with E-state index in [1.54, 1.807) is 0 Å². The molecule has 8 heteroatoms. The second-order valence-electron chi connectivity index (χ2n) is 9.94. The van der Waals surface area contributed by atoms with Crippen LogP contribution in [0.3, 0.4) is 0 Å². The molecular weight excluding hydrogens is 460 g/mol. The Morgan fingerprint density at radius 3 is 2.64 bits per heavy atom. The third-order valence-electron chi connectivity index (χ3n) is 6.88. The van der Waals surface area contributed by atoms with E-state index in [2.05, 4.69) is 10.6 Å². The van der Waals surface area contributed by atoms with E-state index in [0.29, 0.717) is 19.4 Å². The van der Waals surface area contributed by atoms with Gasteiger partial charge in [-0.3, -0.25) is 14.4 Å². The van der Waals surface area contributed by atoms with Crippen LogP contribution in [0.2, 0.25) is 0 Å². The summed E-state index contributed by atoms with van der Waals surface area (Å²) >= 11 is 0. The fourth-order valence-electron chi connectivity index (χ4n) is 4.75. The lowest BCUT2D eigenvalue weighted by Gasteiger charge is -2.29. The molecule has 1 saturated carbocycles. The monoisotopic (exact) mass is 500 g/mol. The Labute approximate surface area is 213 Å². The van der Waals surface area contributed by atoms with E-state index in [-0.39, 0.29) is 44.0 Å². The molecule has 3 N–H and O–H groups in total.